The molecule has 2 rings (SSSR count). The predicted octanol–water partition coefficient (Wildman–Crippen LogP) is 4.68. The number of anilines is 1. The molecule has 0 heterocycles. The van der Waals surface area contributed by atoms with Crippen molar-refractivity contribution in [2.24, 2.45) is 5.10 Å². The maximum atomic E-state index is 12.7. The van der Waals surface area contributed by atoms with E-state index in [0.29, 0.717) is 10.2 Å². The highest BCUT2D eigenvalue weighted by Gasteiger charge is 2.30. The van der Waals surface area contributed by atoms with E-state index >= 15 is 0 Å². The first-order valence-corrected chi connectivity index (χ1v) is 9.52. The summed E-state index contributed by atoms with van der Waals surface area (Å²) in [4.78, 5) is 23.8. The van der Waals surface area contributed by atoms with Gasteiger partial charge in [0.1, 0.15) is 5.75 Å². The Kier molecular flexibility index (Phi) is 7.99. The number of ether oxygens (including phenoxy) is 1. The molecule has 10 heteroatoms. The van der Waals surface area contributed by atoms with Gasteiger partial charge in [-0.2, -0.15) is 18.3 Å². The van der Waals surface area contributed by atoms with Crippen LogP contribution in [0.2, 0.25) is 0 Å². The molecule has 0 aliphatic rings. The van der Waals surface area contributed by atoms with Gasteiger partial charge >= 0.3 is 6.18 Å². The number of amides is 2. The summed E-state index contributed by atoms with van der Waals surface area (Å²) >= 11 is 3.34. The normalized spacial score (nSPS) is 11.7. The fourth-order valence-corrected chi connectivity index (χ4v) is 2.91. The van der Waals surface area contributed by atoms with Gasteiger partial charge in [-0.05, 0) is 65.7 Å². The summed E-state index contributed by atoms with van der Waals surface area (Å²) in [5, 5.41) is 6.16. The van der Waals surface area contributed by atoms with Crippen LogP contribution >= 0.6 is 15.9 Å². The van der Waals surface area contributed by atoms with Crippen molar-refractivity contribution < 1.29 is 27.5 Å². The van der Waals surface area contributed by atoms with Gasteiger partial charge in [0.05, 0.1) is 16.5 Å². The molecule has 0 saturated carbocycles. The number of carbonyl (C=O) groups is 2. The van der Waals surface area contributed by atoms with Crippen molar-refractivity contribution >= 4 is 39.1 Å². The number of hydrazone groups is 1. The Morgan fingerprint density at radius 2 is 1.87 bits per heavy atom. The molecule has 2 amide bonds. The average molecular weight is 486 g/mol. The van der Waals surface area contributed by atoms with Gasteiger partial charge in [-0.25, -0.2) is 5.43 Å². The lowest BCUT2D eigenvalue weighted by Crippen LogP contribution is -2.26. The van der Waals surface area contributed by atoms with E-state index < -0.39 is 23.6 Å². The van der Waals surface area contributed by atoms with Crippen molar-refractivity contribution in [2.45, 2.75) is 26.4 Å². The van der Waals surface area contributed by atoms with Crippen LogP contribution in [0.25, 0.3) is 0 Å². The summed E-state index contributed by atoms with van der Waals surface area (Å²) in [5.74, 6) is -0.596. The van der Waals surface area contributed by atoms with E-state index in [2.05, 4.69) is 31.8 Å². The fraction of sp³-hybridized carbons (Fsp3) is 0.250. The quantitative estimate of drug-likeness (QED) is 0.441. The SMILES string of the molecule is CC(CC(=O)Nc1cccc(C(F)(F)F)c1)=NNC(=O)COc1ccc(C)cc1Br. The van der Waals surface area contributed by atoms with E-state index in [9.17, 15) is 22.8 Å². The number of hydrogen-bond donors (Lipinski definition) is 2. The highest BCUT2D eigenvalue weighted by atomic mass is 79.9. The predicted molar refractivity (Wildman–Crippen MR) is 110 cm³/mol. The molecule has 2 aromatic rings. The summed E-state index contributed by atoms with van der Waals surface area (Å²) in [6, 6.07) is 9.71. The van der Waals surface area contributed by atoms with Crippen molar-refractivity contribution in [1.82, 2.24) is 5.43 Å². The van der Waals surface area contributed by atoms with E-state index in [1.807, 2.05) is 19.1 Å². The van der Waals surface area contributed by atoms with Crippen LogP contribution in [0.15, 0.2) is 52.0 Å². The van der Waals surface area contributed by atoms with Crippen LogP contribution in [-0.4, -0.2) is 24.1 Å². The molecule has 0 aromatic heterocycles. The summed E-state index contributed by atoms with van der Waals surface area (Å²) in [6.45, 7) is 3.14. The number of carbonyl (C=O) groups excluding carboxylic acids is 2. The number of halogens is 4. The van der Waals surface area contributed by atoms with Gasteiger partial charge in [-0.1, -0.05) is 12.1 Å². The van der Waals surface area contributed by atoms with Crippen LogP contribution in [0, 0.1) is 6.92 Å². The summed E-state index contributed by atoms with van der Waals surface area (Å²) in [7, 11) is 0. The number of benzene rings is 2. The molecule has 0 atom stereocenters. The summed E-state index contributed by atoms with van der Waals surface area (Å²) in [5.41, 5.74) is 2.71. The van der Waals surface area contributed by atoms with Crippen LogP contribution in [0.4, 0.5) is 18.9 Å². The molecular weight excluding hydrogens is 467 g/mol. The van der Waals surface area contributed by atoms with Crippen LogP contribution in [0.3, 0.4) is 0 Å². The van der Waals surface area contributed by atoms with Crippen molar-refractivity contribution in [2.75, 3.05) is 11.9 Å². The van der Waals surface area contributed by atoms with Gasteiger partial charge in [0.2, 0.25) is 5.91 Å². The number of hydrogen-bond acceptors (Lipinski definition) is 4. The van der Waals surface area contributed by atoms with E-state index in [1.165, 1.54) is 19.1 Å². The number of nitrogens with zero attached hydrogens (tertiary/aromatic N) is 1. The van der Waals surface area contributed by atoms with Crippen molar-refractivity contribution in [3.05, 3.63) is 58.1 Å². The maximum absolute atomic E-state index is 12.7. The molecule has 160 valence electrons. The molecule has 0 aliphatic carbocycles. The second kappa shape index (κ2) is 10.2. The maximum Gasteiger partial charge on any atom is 0.416 e. The van der Waals surface area contributed by atoms with E-state index in [0.717, 1.165) is 17.7 Å². The first-order chi connectivity index (χ1) is 14.0. The third-order valence-electron chi connectivity index (χ3n) is 3.71. The summed E-state index contributed by atoms with van der Waals surface area (Å²) < 4.78 is 44.2. The van der Waals surface area contributed by atoms with Gasteiger partial charge in [0.25, 0.3) is 5.91 Å². The van der Waals surface area contributed by atoms with Gasteiger partial charge in [-0.3, -0.25) is 9.59 Å². The lowest BCUT2D eigenvalue weighted by atomic mass is 10.2. The number of aryl methyl sites for hydroxylation is 1. The molecular formula is C20H19BrF3N3O3. The highest BCUT2D eigenvalue weighted by molar-refractivity contribution is 9.10. The zero-order valence-electron chi connectivity index (χ0n) is 16.1. The zero-order valence-corrected chi connectivity index (χ0v) is 17.7. The third-order valence-corrected chi connectivity index (χ3v) is 4.33. The molecule has 6 nitrogen and oxygen atoms in total. The van der Waals surface area contributed by atoms with Gasteiger partial charge in [0, 0.05) is 11.4 Å². The molecule has 0 radical (unpaired) electrons. The Morgan fingerprint density at radius 3 is 2.53 bits per heavy atom. The monoisotopic (exact) mass is 485 g/mol. The summed E-state index contributed by atoms with van der Waals surface area (Å²) in [6.07, 6.45) is -4.71. The minimum atomic E-state index is -4.50. The Bertz CT molecular complexity index is 962. The number of nitrogens with one attached hydrogen (secondary N) is 2. The first kappa shape index (κ1) is 23.4. The molecule has 0 saturated heterocycles. The molecule has 0 spiro atoms. The Labute approximate surface area is 179 Å². The minimum absolute atomic E-state index is 0.0173. The van der Waals surface area contributed by atoms with Crippen LogP contribution in [0.5, 0.6) is 5.75 Å². The lowest BCUT2D eigenvalue weighted by Gasteiger charge is -2.10. The smallest absolute Gasteiger partial charge is 0.416 e. The van der Waals surface area contributed by atoms with Crippen LogP contribution in [-0.2, 0) is 15.8 Å². The molecule has 30 heavy (non-hydrogen) atoms. The Hall–Kier alpha value is -2.88. The molecule has 2 aromatic carbocycles. The van der Waals surface area contributed by atoms with Crippen molar-refractivity contribution in [1.29, 1.82) is 0 Å². The van der Waals surface area contributed by atoms with Gasteiger partial charge in [0.15, 0.2) is 6.61 Å². The first-order valence-electron chi connectivity index (χ1n) is 8.72. The second-order valence-electron chi connectivity index (χ2n) is 6.41. The Balaban J connectivity index is 1.83. The standard InChI is InChI=1S/C20H19BrF3N3O3/c1-12-6-7-17(16(21)8-12)30-11-19(29)27-26-13(2)9-18(28)25-15-5-3-4-14(10-15)20(22,23)24/h3-8,10H,9,11H2,1-2H3,(H,25,28)(H,27,29). The van der Waals surface area contributed by atoms with Gasteiger partial charge in [-0.15, -0.1) is 0 Å². The Morgan fingerprint density at radius 1 is 1.13 bits per heavy atom. The van der Waals surface area contributed by atoms with E-state index in [4.69, 9.17) is 4.74 Å². The average Bonchev–Trinajstić information content (AvgIpc) is 2.65. The minimum Gasteiger partial charge on any atom is -0.483 e. The highest BCUT2D eigenvalue weighted by Crippen LogP contribution is 2.30. The largest absolute Gasteiger partial charge is 0.483 e. The molecule has 0 aliphatic heterocycles. The lowest BCUT2D eigenvalue weighted by molar-refractivity contribution is -0.137. The van der Waals surface area contributed by atoms with Crippen LogP contribution in [0.1, 0.15) is 24.5 Å². The van der Waals surface area contributed by atoms with Crippen molar-refractivity contribution in [3.8, 4) is 5.75 Å². The second-order valence-corrected chi connectivity index (χ2v) is 7.26. The topological polar surface area (TPSA) is 79.8 Å². The zero-order chi connectivity index (χ0) is 22.3. The molecule has 0 unspecified atom stereocenters. The van der Waals surface area contributed by atoms with E-state index in [1.54, 1.807) is 6.07 Å². The van der Waals surface area contributed by atoms with Gasteiger partial charge < -0.3 is 10.1 Å². The number of alkyl halides is 3. The number of rotatable bonds is 7. The fourth-order valence-electron chi connectivity index (χ4n) is 2.31. The third kappa shape index (κ3) is 7.51. The van der Waals surface area contributed by atoms with Crippen molar-refractivity contribution in [3.63, 3.8) is 0 Å². The molecule has 0 fully saturated rings. The van der Waals surface area contributed by atoms with E-state index in [-0.39, 0.29) is 24.4 Å². The molecule has 2 N–H and O–H groups in total. The molecule has 0 bridgehead atoms. The van der Waals surface area contributed by atoms with Crippen LogP contribution < -0.4 is 15.5 Å².